The zero-order valence-electron chi connectivity index (χ0n) is 11.2. The summed E-state index contributed by atoms with van der Waals surface area (Å²) in [4.78, 5) is 22.3. The van der Waals surface area contributed by atoms with Crippen molar-refractivity contribution < 1.29 is 14.8 Å². The van der Waals surface area contributed by atoms with Crippen LogP contribution in [-0.2, 0) is 0 Å². The second kappa shape index (κ2) is 7.16. The smallest absolute Gasteiger partial charge is 0.269 e. The Labute approximate surface area is 116 Å². The lowest BCUT2D eigenvalue weighted by atomic mass is 9.99. The van der Waals surface area contributed by atoms with Crippen LogP contribution in [0.1, 0.15) is 21.5 Å². The van der Waals surface area contributed by atoms with Gasteiger partial charge in [-0.05, 0) is 18.6 Å². The van der Waals surface area contributed by atoms with E-state index >= 15 is 0 Å². The number of carbonyl (C=O) groups is 1. The van der Waals surface area contributed by atoms with E-state index in [4.69, 9.17) is 5.11 Å². The molecule has 0 saturated heterocycles. The molecule has 0 fully saturated rings. The van der Waals surface area contributed by atoms with Gasteiger partial charge in [0.25, 0.3) is 5.69 Å². The molecule has 104 valence electrons. The molecule has 1 N–H and O–H groups in total. The molecule has 0 unspecified atom stereocenters. The zero-order chi connectivity index (χ0) is 15.1. The first kappa shape index (κ1) is 15.5. The molecule has 5 nitrogen and oxygen atoms in total. The van der Waals surface area contributed by atoms with Gasteiger partial charge < -0.3 is 5.11 Å². The van der Waals surface area contributed by atoms with Crippen LogP contribution in [0.3, 0.4) is 0 Å². The van der Waals surface area contributed by atoms with E-state index in [1.54, 1.807) is 31.2 Å². The van der Waals surface area contributed by atoms with Crippen molar-refractivity contribution in [3.05, 3.63) is 75.3 Å². The summed E-state index contributed by atoms with van der Waals surface area (Å²) in [6.45, 7) is 1.70. The van der Waals surface area contributed by atoms with E-state index in [2.05, 4.69) is 0 Å². The Bertz CT molecular complexity index is 609. The Hall–Kier alpha value is -2.53. The molecular formula is C15H15NO4. The van der Waals surface area contributed by atoms with E-state index in [0.29, 0.717) is 16.7 Å². The Morgan fingerprint density at radius 2 is 1.70 bits per heavy atom. The average molecular weight is 273 g/mol. The number of aliphatic hydroxyl groups excluding tert-OH is 1. The molecule has 20 heavy (non-hydrogen) atoms. The number of nitro benzene ring substituents is 1. The third-order valence-electron chi connectivity index (χ3n) is 2.70. The van der Waals surface area contributed by atoms with Gasteiger partial charge in [0.2, 0.25) is 0 Å². The molecule has 0 amide bonds. The van der Waals surface area contributed by atoms with Crippen LogP contribution >= 0.6 is 0 Å². The third-order valence-corrected chi connectivity index (χ3v) is 2.70. The fraction of sp³-hybridized carbons (Fsp3) is 0.133. The molecule has 2 aromatic carbocycles. The number of ketones is 1. The molecule has 0 aliphatic carbocycles. The Balaban J connectivity index is 0.000000956. The van der Waals surface area contributed by atoms with Crippen LogP contribution in [0.25, 0.3) is 0 Å². The molecule has 0 spiro atoms. The normalized spacial score (nSPS) is 9.35. The maximum atomic E-state index is 12.2. The van der Waals surface area contributed by atoms with Crippen molar-refractivity contribution in [2.75, 3.05) is 7.11 Å². The second-order valence-electron chi connectivity index (χ2n) is 3.95. The number of benzene rings is 2. The van der Waals surface area contributed by atoms with Crippen molar-refractivity contribution in [3.8, 4) is 0 Å². The van der Waals surface area contributed by atoms with Crippen LogP contribution in [0.4, 0.5) is 5.69 Å². The van der Waals surface area contributed by atoms with Gasteiger partial charge in [0.15, 0.2) is 5.78 Å². The van der Waals surface area contributed by atoms with Crippen LogP contribution in [0.15, 0.2) is 48.5 Å². The number of nitrogens with zero attached hydrogens (tertiary/aromatic N) is 1. The molecule has 0 saturated carbocycles. The molecule has 0 radical (unpaired) electrons. The highest BCUT2D eigenvalue weighted by Gasteiger charge is 2.14. The Morgan fingerprint density at radius 3 is 2.20 bits per heavy atom. The van der Waals surface area contributed by atoms with E-state index in [1.165, 1.54) is 18.2 Å². The van der Waals surface area contributed by atoms with E-state index in [0.717, 1.165) is 7.11 Å². The monoisotopic (exact) mass is 273 g/mol. The van der Waals surface area contributed by atoms with Crippen LogP contribution in [-0.4, -0.2) is 22.9 Å². The van der Waals surface area contributed by atoms with Crippen LogP contribution in [0.5, 0.6) is 0 Å². The predicted octanol–water partition coefficient (Wildman–Crippen LogP) is 2.74. The zero-order valence-corrected chi connectivity index (χ0v) is 11.2. The summed E-state index contributed by atoms with van der Waals surface area (Å²) in [6.07, 6.45) is 0. The molecule has 0 atom stereocenters. The van der Waals surface area contributed by atoms with Crippen molar-refractivity contribution in [1.29, 1.82) is 0 Å². The summed E-state index contributed by atoms with van der Waals surface area (Å²) in [6, 6.07) is 13.1. The molecule has 0 aliphatic rings. The van der Waals surface area contributed by atoms with E-state index in [1.807, 2.05) is 6.07 Å². The van der Waals surface area contributed by atoms with Crippen LogP contribution in [0.2, 0.25) is 0 Å². The number of aliphatic hydroxyl groups is 1. The topological polar surface area (TPSA) is 80.4 Å². The third kappa shape index (κ3) is 3.49. The van der Waals surface area contributed by atoms with Gasteiger partial charge in [0.1, 0.15) is 0 Å². The first-order chi connectivity index (χ1) is 9.59. The highest BCUT2D eigenvalue weighted by Crippen LogP contribution is 2.19. The number of hydrogen-bond donors (Lipinski definition) is 1. The van der Waals surface area contributed by atoms with Gasteiger partial charge in [-0.2, -0.15) is 0 Å². The minimum Gasteiger partial charge on any atom is -0.400 e. The van der Waals surface area contributed by atoms with Crippen molar-refractivity contribution in [2.45, 2.75) is 6.92 Å². The second-order valence-corrected chi connectivity index (χ2v) is 3.95. The average Bonchev–Trinajstić information content (AvgIpc) is 2.49. The molecule has 0 heterocycles. The number of aryl methyl sites for hydroxylation is 1. The molecule has 0 aromatic heterocycles. The lowest BCUT2D eigenvalue weighted by molar-refractivity contribution is -0.384. The molecule has 2 rings (SSSR count). The predicted molar refractivity (Wildman–Crippen MR) is 75.9 cm³/mol. The minimum absolute atomic E-state index is 0.00267. The maximum Gasteiger partial charge on any atom is 0.269 e. The van der Waals surface area contributed by atoms with Crippen molar-refractivity contribution >= 4 is 11.5 Å². The Morgan fingerprint density at radius 1 is 1.10 bits per heavy atom. The first-order valence-corrected chi connectivity index (χ1v) is 5.89. The fourth-order valence-electron chi connectivity index (χ4n) is 1.76. The molecule has 5 heteroatoms. The van der Waals surface area contributed by atoms with Crippen LogP contribution < -0.4 is 0 Å². The number of non-ortho nitro benzene ring substituents is 1. The van der Waals surface area contributed by atoms with E-state index in [9.17, 15) is 14.9 Å². The quantitative estimate of drug-likeness (QED) is 0.529. The molecular weight excluding hydrogens is 258 g/mol. The lowest BCUT2D eigenvalue weighted by Gasteiger charge is -2.04. The fourth-order valence-corrected chi connectivity index (χ4v) is 1.76. The first-order valence-electron chi connectivity index (χ1n) is 5.89. The van der Waals surface area contributed by atoms with Gasteiger partial charge in [-0.1, -0.05) is 30.3 Å². The highest BCUT2D eigenvalue weighted by atomic mass is 16.6. The highest BCUT2D eigenvalue weighted by molar-refractivity contribution is 6.09. The van der Waals surface area contributed by atoms with Crippen molar-refractivity contribution in [3.63, 3.8) is 0 Å². The summed E-state index contributed by atoms with van der Waals surface area (Å²) in [7, 11) is 1.00. The number of carbonyl (C=O) groups excluding carboxylic acids is 1. The van der Waals surface area contributed by atoms with Gasteiger partial charge in [0.05, 0.1) is 4.92 Å². The van der Waals surface area contributed by atoms with Gasteiger partial charge >= 0.3 is 0 Å². The summed E-state index contributed by atoms with van der Waals surface area (Å²) < 4.78 is 0. The number of nitro groups is 1. The summed E-state index contributed by atoms with van der Waals surface area (Å²) >= 11 is 0. The van der Waals surface area contributed by atoms with E-state index in [-0.39, 0.29) is 11.5 Å². The standard InChI is InChI=1S/C14H11NO3.CH4O/c1-10-9-12(15(17)18)7-8-13(10)14(16)11-5-3-2-4-6-11;1-2/h2-9H,1H3;2H,1H3. The van der Waals surface area contributed by atoms with Gasteiger partial charge in [0, 0.05) is 30.4 Å². The van der Waals surface area contributed by atoms with Gasteiger partial charge in [-0.15, -0.1) is 0 Å². The molecule has 0 aliphatic heterocycles. The van der Waals surface area contributed by atoms with Crippen molar-refractivity contribution in [2.24, 2.45) is 0 Å². The van der Waals surface area contributed by atoms with E-state index < -0.39 is 4.92 Å². The minimum atomic E-state index is -0.468. The lowest BCUT2D eigenvalue weighted by Crippen LogP contribution is -2.04. The van der Waals surface area contributed by atoms with Crippen molar-refractivity contribution in [1.82, 2.24) is 0 Å². The summed E-state index contributed by atoms with van der Waals surface area (Å²) in [5, 5.41) is 17.6. The number of hydrogen-bond acceptors (Lipinski definition) is 4. The molecule has 2 aromatic rings. The SMILES string of the molecule is CO.Cc1cc([N+](=O)[O-])ccc1C(=O)c1ccccc1. The number of rotatable bonds is 3. The maximum absolute atomic E-state index is 12.2. The molecule has 0 bridgehead atoms. The van der Waals surface area contributed by atoms with Gasteiger partial charge in [-0.3, -0.25) is 14.9 Å². The largest absolute Gasteiger partial charge is 0.400 e. The Kier molecular flexibility index (Phi) is 5.56. The van der Waals surface area contributed by atoms with Crippen LogP contribution in [0, 0.1) is 17.0 Å². The summed E-state index contributed by atoms with van der Waals surface area (Å²) in [5.41, 5.74) is 1.68. The summed E-state index contributed by atoms with van der Waals surface area (Å²) in [5.74, 6) is -0.122. The van der Waals surface area contributed by atoms with Gasteiger partial charge in [-0.25, -0.2) is 0 Å².